The van der Waals surface area contributed by atoms with Crippen LogP contribution in [-0.4, -0.2) is 31.6 Å². The van der Waals surface area contributed by atoms with E-state index in [-0.39, 0.29) is 11.9 Å². The van der Waals surface area contributed by atoms with Crippen LogP contribution < -0.4 is 10.5 Å². The maximum absolute atomic E-state index is 14.1. The van der Waals surface area contributed by atoms with Crippen LogP contribution in [0.4, 0.5) is 4.39 Å². The molecule has 0 bridgehead atoms. The van der Waals surface area contributed by atoms with Gasteiger partial charge in [0.25, 0.3) is 0 Å². The van der Waals surface area contributed by atoms with Crippen molar-refractivity contribution < 1.29 is 9.13 Å². The fourth-order valence-corrected chi connectivity index (χ4v) is 3.00. The van der Waals surface area contributed by atoms with Crippen LogP contribution in [0, 0.1) is 17.7 Å². The predicted octanol–water partition coefficient (Wildman–Crippen LogP) is 2.57. The summed E-state index contributed by atoms with van der Waals surface area (Å²) in [5, 5.41) is 0. The molecule has 1 heterocycles. The molecule has 0 amide bonds. The first-order valence-corrected chi connectivity index (χ1v) is 7.50. The summed E-state index contributed by atoms with van der Waals surface area (Å²) in [7, 11) is 2.08. The number of ether oxygens (including phenoxy) is 1. The van der Waals surface area contributed by atoms with Crippen molar-refractivity contribution in [2.24, 2.45) is 17.6 Å². The molecule has 1 aliphatic carbocycles. The summed E-state index contributed by atoms with van der Waals surface area (Å²) in [4.78, 5) is 2.26. The first-order chi connectivity index (χ1) is 9.67. The zero-order valence-corrected chi connectivity index (χ0v) is 12.0. The number of nitrogens with two attached hydrogens (primary N) is 1. The maximum Gasteiger partial charge on any atom is 0.165 e. The molecule has 0 aromatic heterocycles. The second-order valence-electron chi connectivity index (χ2n) is 6.24. The van der Waals surface area contributed by atoms with Crippen molar-refractivity contribution in [1.29, 1.82) is 0 Å². The Balaban J connectivity index is 1.69. The molecule has 1 aromatic carbocycles. The summed E-state index contributed by atoms with van der Waals surface area (Å²) >= 11 is 0. The Labute approximate surface area is 119 Å². The van der Waals surface area contributed by atoms with Crippen molar-refractivity contribution >= 4 is 0 Å². The highest BCUT2D eigenvalue weighted by Crippen LogP contribution is 2.35. The molecule has 1 aliphatic heterocycles. The number of nitrogens with zero attached hydrogens (tertiary/aromatic N) is 1. The van der Waals surface area contributed by atoms with Crippen LogP contribution in [0.5, 0.6) is 5.75 Å². The molecule has 2 atom stereocenters. The lowest BCUT2D eigenvalue weighted by atomic mass is 10.00. The molecule has 0 spiro atoms. The van der Waals surface area contributed by atoms with E-state index >= 15 is 0 Å². The number of hydrogen-bond donors (Lipinski definition) is 1. The van der Waals surface area contributed by atoms with Gasteiger partial charge in [0.1, 0.15) is 0 Å². The number of benzene rings is 1. The van der Waals surface area contributed by atoms with Gasteiger partial charge in [-0.05, 0) is 62.4 Å². The second kappa shape index (κ2) is 5.70. The van der Waals surface area contributed by atoms with E-state index in [0.29, 0.717) is 30.7 Å². The van der Waals surface area contributed by atoms with Gasteiger partial charge in [-0.1, -0.05) is 6.07 Å². The van der Waals surface area contributed by atoms with Gasteiger partial charge in [0.15, 0.2) is 11.6 Å². The average molecular weight is 278 g/mol. The zero-order chi connectivity index (χ0) is 14.1. The molecule has 3 rings (SSSR count). The Morgan fingerprint density at radius 2 is 2.15 bits per heavy atom. The minimum absolute atomic E-state index is 0.243. The maximum atomic E-state index is 14.1. The summed E-state index contributed by atoms with van der Waals surface area (Å²) < 4.78 is 19.7. The van der Waals surface area contributed by atoms with Crippen molar-refractivity contribution in [1.82, 2.24) is 4.90 Å². The highest BCUT2D eigenvalue weighted by Gasteiger charge is 2.30. The summed E-state index contributed by atoms with van der Waals surface area (Å²) in [5.41, 5.74) is 6.77. The highest BCUT2D eigenvalue weighted by molar-refractivity contribution is 5.31. The molecular formula is C16H23FN2O. The summed E-state index contributed by atoms with van der Waals surface area (Å²) in [6.45, 7) is 2.34. The molecule has 3 nitrogen and oxygen atoms in total. The molecule has 2 fully saturated rings. The number of halogens is 1. The van der Waals surface area contributed by atoms with E-state index in [1.165, 1.54) is 12.8 Å². The molecule has 2 unspecified atom stereocenters. The third-order valence-electron chi connectivity index (χ3n) is 4.48. The van der Waals surface area contributed by atoms with Gasteiger partial charge in [-0.3, -0.25) is 4.90 Å². The van der Waals surface area contributed by atoms with E-state index in [9.17, 15) is 4.39 Å². The Bertz CT molecular complexity index is 476. The van der Waals surface area contributed by atoms with Gasteiger partial charge in [-0.15, -0.1) is 0 Å². The topological polar surface area (TPSA) is 38.5 Å². The van der Waals surface area contributed by atoms with Crippen LogP contribution in [0.25, 0.3) is 0 Å². The Kier molecular flexibility index (Phi) is 3.94. The van der Waals surface area contributed by atoms with E-state index in [4.69, 9.17) is 10.5 Å². The van der Waals surface area contributed by atoms with Crippen LogP contribution in [0.2, 0.25) is 0 Å². The number of rotatable bonds is 5. The van der Waals surface area contributed by atoms with Gasteiger partial charge < -0.3 is 10.5 Å². The highest BCUT2D eigenvalue weighted by atomic mass is 19.1. The molecule has 110 valence electrons. The molecule has 1 saturated heterocycles. The standard InChI is InChI=1S/C16H23FN2O/c1-19-9-12(8-18)6-15(19)13-4-5-16(14(17)7-13)20-10-11-2-3-11/h4-5,7,11-12,15H,2-3,6,8-10,18H2,1H3. The van der Waals surface area contributed by atoms with Crippen molar-refractivity contribution in [3.05, 3.63) is 29.6 Å². The Morgan fingerprint density at radius 3 is 2.75 bits per heavy atom. The van der Waals surface area contributed by atoms with E-state index in [1.807, 2.05) is 6.07 Å². The predicted molar refractivity (Wildman–Crippen MR) is 77.2 cm³/mol. The summed E-state index contributed by atoms with van der Waals surface area (Å²) in [6.07, 6.45) is 3.44. The van der Waals surface area contributed by atoms with Gasteiger partial charge in [0, 0.05) is 12.6 Å². The monoisotopic (exact) mass is 278 g/mol. The minimum Gasteiger partial charge on any atom is -0.490 e. The third kappa shape index (κ3) is 2.96. The molecular weight excluding hydrogens is 255 g/mol. The second-order valence-corrected chi connectivity index (χ2v) is 6.24. The van der Waals surface area contributed by atoms with Gasteiger partial charge in [0.05, 0.1) is 6.61 Å². The van der Waals surface area contributed by atoms with E-state index < -0.39 is 0 Å². The van der Waals surface area contributed by atoms with E-state index in [1.54, 1.807) is 12.1 Å². The van der Waals surface area contributed by atoms with Crippen LogP contribution in [0.1, 0.15) is 30.9 Å². The fourth-order valence-electron chi connectivity index (χ4n) is 3.00. The number of likely N-dealkylation sites (tertiary alicyclic amines) is 1. The Morgan fingerprint density at radius 1 is 1.35 bits per heavy atom. The normalized spacial score (nSPS) is 26.9. The van der Waals surface area contributed by atoms with Gasteiger partial charge >= 0.3 is 0 Å². The smallest absolute Gasteiger partial charge is 0.165 e. The summed E-state index contributed by atoms with van der Waals surface area (Å²) in [6, 6.07) is 5.67. The Hall–Kier alpha value is -1.13. The molecule has 2 aliphatic rings. The molecule has 1 aromatic rings. The molecule has 0 radical (unpaired) electrons. The van der Waals surface area contributed by atoms with Crippen LogP contribution in [0.15, 0.2) is 18.2 Å². The van der Waals surface area contributed by atoms with E-state index in [2.05, 4.69) is 11.9 Å². The van der Waals surface area contributed by atoms with Crippen LogP contribution in [0.3, 0.4) is 0 Å². The van der Waals surface area contributed by atoms with Crippen LogP contribution in [-0.2, 0) is 0 Å². The lowest BCUT2D eigenvalue weighted by Gasteiger charge is -2.20. The van der Waals surface area contributed by atoms with Crippen molar-refractivity contribution in [2.75, 3.05) is 26.7 Å². The fraction of sp³-hybridized carbons (Fsp3) is 0.625. The number of hydrogen-bond acceptors (Lipinski definition) is 3. The molecule has 1 saturated carbocycles. The summed E-state index contributed by atoms with van der Waals surface area (Å²) in [5.74, 6) is 1.30. The van der Waals surface area contributed by atoms with Crippen molar-refractivity contribution in [3.8, 4) is 5.75 Å². The quantitative estimate of drug-likeness (QED) is 0.899. The molecule has 2 N–H and O–H groups in total. The van der Waals surface area contributed by atoms with Crippen molar-refractivity contribution in [2.45, 2.75) is 25.3 Å². The van der Waals surface area contributed by atoms with Gasteiger partial charge in [-0.25, -0.2) is 4.39 Å². The first-order valence-electron chi connectivity index (χ1n) is 7.50. The lowest BCUT2D eigenvalue weighted by molar-refractivity contribution is 0.283. The first kappa shape index (κ1) is 13.8. The largest absolute Gasteiger partial charge is 0.490 e. The van der Waals surface area contributed by atoms with E-state index in [0.717, 1.165) is 18.5 Å². The van der Waals surface area contributed by atoms with Gasteiger partial charge in [-0.2, -0.15) is 0 Å². The lowest BCUT2D eigenvalue weighted by Crippen LogP contribution is -2.20. The SMILES string of the molecule is CN1CC(CN)CC1c1ccc(OCC2CC2)c(F)c1. The molecule has 4 heteroatoms. The third-order valence-corrected chi connectivity index (χ3v) is 4.48. The van der Waals surface area contributed by atoms with Crippen LogP contribution >= 0.6 is 0 Å². The van der Waals surface area contributed by atoms with Gasteiger partial charge in [0.2, 0.25) is 0 Å². The average Bonchev–Trinajstić information content (AvgIpc) is 3.19. The minimum atomic E-state index is -0.243. The molecule has 20 heavy (non-hydrogen) atoms. The zero-order valence-electron chi connectivity index (χ0n) is 12.0. The van der Waals surface area contributed by atoms with Crippen molar-refractivity contribution in [3.63, 3.8) is 0 Å².